The lowest BCUT2D eigenvalue weighted by atomic mass is 9.87. The van der Waals surface area contributed by atoms with Crippen molar-refractivity contribution in [3.05, 3.63) is 47.8 Å². The second kappa shape index (κ2) is 9.71. The average Bonchev–Trinajstić information content (AvgIpc) is 3.26. The summed E-state index contributed by atoms with van der Waals surface area (Å²) in [5.74, 6) is 0.789. The molecule has 1 amide bonds. The Morgan fingerprint density at radius 3 is 2.86 bits per heavy atom. The first-order valence-corrected chi connectivity index (χ1v) is 9.95. The minimum absolute atomic E-state index is 0.00135. The van der Waals surface area contributed by atoms with Crippen LogP contribution in [0.3, 0.4) is 0 Å². The van der Waals surface area contributed by atoms with E-state index in [1.54, 1.807) is 10.9 Å². The van der Waals surface area contributed by atoms with Gasteiger partial charge in [-0.25, -0.2) is 0 Å². The molecule has 28 heavy (non-hydrogen) atoms. The first-order valence-electron chi connectivity index (χ1n) is 9.95. The molecule has 1 saturated heterocycles. The fraction of sp³-hybridized carbons (Fsp3) is 0.524. The van der Waals surface area contributed by atoms with E-state index in [2.05, 4.69) is 15.7 Å². The molecule has 0 saturated carbocycles. The van der Waals surface area contributed by atoms with Gasteiger partial charge in [0.1, 0.15) is 17.9 Å². The Bertz CT molecular complexity index is 755. The maximum Gasteiger partial charge on any atom is 0.248 e. The lowest BCUT2D eigenvalue weighted by molar-refractivity contribution is -0.132. The number of ether oxygens (including phenoxy) is 2. The Hall–Kier alpha value is -2.38. The molecule has 1 fully saturated rings. The summed E-state index contributed by atoms with van der Waals surface area (Å²) >= 11 is 0. The summed E-state index contributed by atoms with van der Waals surface area (Å²) in [6.45, 7) is 7.70. The molecule has 3 rings (SSSR count). The lowest BCUT2D eigenvalue weighted by Crippen LogP contribution is -2.54. The Morgan fingerprint density at radius 2 is 2.14 bits per heavy atom. The maximum atomic E-state index is 13.2. The number of aryl methyl sites for hydroxylation is 1. The van der Waals surface area contributed by atoms with Gasteiger partial charge in [0.2, 0.25) is 5.91 Å². The van der Waals surface area contributed by atoms with E-state index >= 15 is 0 Å². The van der Waals surface area contributed by atoms with E-state index in [-0.39, 0.29) is 5.91 Å². The average molecular weight is 386 g/mol. The molecule has 7 nitrogen and oxygen atoms in total. The summed E-state index contributed by atoms with van der Waals surface area (Å²) in [6.07, 6.45) is 5.03. The van der Waals surface area contributed by atoms with Crippen molar-refractivity contribution in [1.29, 1.82) is 0 Å². The molecule has 0 radical (unpaired) electrons. The molecular formula is C21H30N4O3. The molecule has 0 aliphatic carbocycles. The van der Waals surface area contributed by atoms with Crippen LogP contribution >= 0.6 is 0 Å². The highest BCUT2D eigenvalue weighted by Crippen LogP contribution is 2.28. The molecular weight excluding hydrogens is 356 g/mol. The SMILES string of the molecule is CCOCCOc1cc(C)ccc1CNC(=O)C1(n2cccn2)CCNCC1. The number of hydrogen-bond donors (Lipinski definition) is 2. The van der Waals surface area contributed by atoms with Gasteiger partial charge < -0.3 is 20.1 Å². The van der Waals surface area contributed by atoms with Crippen molar-refractivity contribution >= 4 is 5.91 Å². The monoisotopic (exact) mass is 386 g/mol. The van der Waals surface area contributed by atoms with Gasteiger partial charge >= 0.3 is 0 Å². The number of hydrogen-bond acceptors (Lipinski definition) is 5. The van der Waals surface area contributed by atoms with Gasteiger partial charge in [0.15, 0.2) is 0 Å². The van der Waals surface area contributed by atoms with E-state index in [4.69, 9.17) is 9.47 Å². The molecule has 1 aromatic carbocycles. The summed E-state index contributed by atoms with van der Waals surface area (Å²) in [5, 5.41) is 10.8. The number of carbonyl (C=O) groups excluding carboxylic acids is 1. The zero-order valence-corrected chi connectivity index (χ0v) is 16.7. The molecule has 7 heteroatoms. The van der Waals surface area contributed by atoms with Gasteiger partial charge in [0.05, 0.1) is 6.61 Å². The van der Waals surface area contributed by atoms with Crippen molar-refractivity contribution in [2.24, 2.45) is 0 Å². The Kier molecular flexibility index (Phi) is 7.06. The largest absolute Gasteiger partial charge is 0.491 e. The zero-order chi connectivity index (χ0) is 19.8. The van der Waals surface area contributed by atoms with E-state index in [1.165, 1.54) is 0 Å². The van der Waals surface area contributed by atoms with Crippen molar-refractivity contribution in [2.75, 3.05) is 32.9 Å². The normalized spacial score (nSPS) is 15.9. The Morgan fingerprint density at radius 1 is 1.32 bits per heavy atom. The number of nitrogens with one attached hydrogen (secondary N) is 2. The number of piperidine rings is 1. The highest BCUT2D eigenvalue weighted by Gasteiger charge is 2.41. The van der Waals surface area contributed by atoms with E-state index in [9.17, 15) is 4.79 Å². The van der Waals surface area contributed by atoms with E-state index < -0.39 is 5.54 Å². The van der Waals surface area contributed by atoms with Gasteiger partial charge in [-0.3, -0.25) is 9.48 Å². The number of benzene rings is 1. The summed E-state index contributed by atoms with van der Waals surface area (Å²) in [6, 6.07) is 7.90. The number of amides is 1. The van der Waals surface area contributed by atoms with Crippen LogP contribution in [0, 0.1) is 6.92 Å². The molecule has 152 valence electrons. The minimum Gasteiger partial charge on any atom is -0.491 e. The molecule has 2 aromatic rings. The van der Waals surface area contributed by atoms with Gasteiger partial charge in [0.25, 0.3) is 0 Å². The summed E-state index contributed by atoms with van der Waals surface area (Å²) < 4.78 is 13.0. The lowest BCUT2D eigenvalue weighted by Gasteiger charge is -2.36. The van der Waals surface area contributed by atoms with Crippen molar-refractivity contribution in [2.45, 2.75) is 38.8 Å². The van der Waals surface area contributed by atoms with E-state index in [0.717, 1.165) is 30.0 Å². The highest BCUT2D eigenvalue weighted by molar-refractivity contribution is 5.84. The zero-order valence-electron chi connectivity index (χ0n) is 16.7. The van der Waals surface area contributed by atoms with Crippen molar-refractivity contribution < 1.29 is 14.3 Å². The van der Waals surface area contributed by atoms with Crippen LogP contribution in [-0.4, -0.2) is 48.6 Å². The first-order chi connectivity index (χ1) is 13.7. The van der Waals surface area contributed by atoms with Crippen LogP contribution in [0.25, 0.3) is 0 Å². The van der Waals surface area contributed by atoms with Gasteiger partial charge in [0, 0.05) is 31.1 Å². The number of carbonyl (C=O) groups is 1. The van der Waals surface area contributed by atoms with Crippen molar-refractivity contribution in [3.8, 4) is 5.75 Å². The second-order valence-corrected chi connectivity index (χ2v) is 7.07. The van der Waals surface area contributed by atoms with E-state index in [1.807, 2.05) is 44.3 Å². The van der Waals surface area contributed by atoms with Crippen LogP contribution in [0.1, 0.15) is 30.9 Å². The Labute approximate surface area is 166 Å². The molecule has 0 bridgehead atoms. The van der Waals surface area contributed by atoms with Crippen LogP contribution in [0.15, 0.2) is 36.7 Å². The summed E-state index contributed by atoms with van der Waals surface area (Å²) in [5.41, 5.74) is 1.43. The van der Waals surface area contributed by atoms with Gasteiger partial charge in [-0.1, -0.05) is 12.1 Å². The summed E-state index contributed by atoms with van der Waals surface area (Å²) in [4.78, 5) is 13.2. The van der Waals surface area contributed by atoms with E-state index in [0.29, 0.717) is 39.2 Å². The molecule has 1 aromatic heterocycles. The molecule has 1 aliphatic heterocycles. The smallest absolute Gasteiger partial charge is 0.248 e. The van der Waals surface area contributed by atoms with Crippen LogP contribution in [0.2, 0.25) is 0 Å². The number of nitrogens with zero attached hydrogens (tertiary/aromatic N) is 2. The third-order valence-electron chi connectivity index (χ3n) is 5.15. The standard InChI is InChI=1S/C21H30N4O3/c1-3-27-13-14-28-19-15-17(2)5-6-18(19)16-23-20(26)21(7-10-22-11-8-21)25-12-4-9-24-25/h4-6,9,12,15,22H,3,7-8,10-11,13-14,16H2,1-2H3,(H,23,26). The number of aromatic nitrogens is 2. The second-order valence-electron chi connectivity index (χ2n) is 7.07. The molecule has 0 unspecified atom stereocenters. The summed E-state index contributed by atoms with van der Waals surface area (Å²) in [7, 11) is 0. The minimum atomic E-state index is -0.643. The fourth-order valence-corrected chi connectivity index (χ4v) is 3.56. The topological polar surface area (TPSA) is 77.4 Å². The van der Waals surface area contributed by atoms with Crippen LogP contribution in [0.4, 0.5) is 0 Å². The first kappa shape index (κ1) is 20.4. The molecule has 2 heterocycles. The molecule has 0 atom stereocenters. The fourth-order valence-electron chi connectivity index (χ4n) is 3.56. The molecule has 0 spiro atoms. The molecule has 2 N–H and O–H groups in total. The van der Waals surface area contributed by atoms with Gasteiger partial charge in [-0.05, 0) is 57.5 Å². The third-order valence-corrected chi connectivity index (χ3v) is 5.15. The van der Waals surface area contributed by atoms with Crippen LogP contribution in [0.5, 0.6) is 5.75 Å². The third kappa shape index (κ3) is 4.72. The number of rotatable bonds is 9. The predicted molar refractivity (Wildman–Crippen MR) is 107 cm³/mol. The Balaban J connectivity index is 1.69. The van der Waals surface area contributed by atoms with Crippen LogP contribution in [-0.2, 0) is 21.6 Å². The van der Waals surface area contributed by atoms with Gasteiger partial charge in [-0.2, -0.15) is 5.10 Å². The maximum absolute atomic E-state index is 13.2. The predicted octanol–water partition coefficient (Wildman–Crippen LogP) is 2.00. The van der Waals surface area contributed by atoms with Gasteiger partial charge in [-0.15, -0.1) is 0 Å². The van der Waals surface area contributed by atoms with Crippen molar-refractivity contribution in [1.82, 2.24) is 20.4 Å². The quantitative estimate of drug-likeness (QED) is 0.645. The molecule has 1 aliphatic rings. The van der Waals surface area contributed by atoms with Crippen LogP contribution < -0.4 is 15.4 Å². The van der Waals surface area contributed by atoms with Crippen molar-refractivity contribution in [3.63, 3.8) is 0 Å². The highest BCUT2D eigenvalue weighted by atomic mass is 16.5.